The number of hydrogen-bond donors (Lipinski definition) is 4. The van der Waals surface area contributed by atoms with Crippen LogP contribution in [0.25, 0.3) is 11.0 Å². The lowest BCUT2D eigenvalue weighted by Gasteiger charge is -2.05. The maximum absolute atomic E-state index is 9.85. The summed E-state index contributed by atoms with van der Waals surface area (Å²) in [5.41, 5.74) is 5.81. The highest BCUT2D eigenvalue weighted by Gasteiger charge is 2.13. The molecule has 0 radical (unpaired) electrons. The Bertz CT molecular complexity index is 921. The lowest BCUT2D eigenvalue weighted by atomic mass is 10.2. The number of aryl methyl sites for hydroxylation is 1. The number of anilines is 1. The number of H-pyrrole nitrogens is 1. The van der Waals surface area contributed by atoms with Gasteiger partial charge in [-0.25, -0.2) is 10.4 Å². The van der Waals surface area contributed by atoms with E-state index in [4.69, 9.17) is 23.2 Å². The van der Waals surface area contributed by atoms with E-state index in [-0.39, 0.29) is 27.1 Å². The van der Waals surface area contributed by atoms with Gasteiger partial charge in [0.2, 0.25) is 5.95 Å². The highest BCUT2D eigenvalue weighted by atomic mass is 35.5. The molecule has 0 saturated carbocycles. The van der Waals surface area contributed by atoms with Gasteiger partial charge in [0.25, 0.3) is 0 Å². The third-order valence-corrected chi connectivity index (χ3v) is 3.86. The van der Waals surface area contributed by atoms with Gasteiger partial charge in [0, 0.05) is 5.56 Å². The number of nitrogens with zero attached hydrogens (tertiary/aromatic N) is 2. The number of nitrogens with one attached hydrogen (secondary N) is 2. The average Bonchev–Trinajstić information content (AvgIpc) is 2.92. The van der Waals surface area contributed by atoms with E-state index in [0.29, 0.717) is 5.95 Å². The summed E-state index contributed by atoms with van der Waals surface area (Å²) in [6.45, 7) is 1.99. The van der Waals surface area contributed by atoms with Gasteiger partial charge in [-0.2, -0.15) is 5.10 Å². The smallest absolute Gasteiger partial charge is 0.222 e. The Hall–Kier alpha value is -2.44. The zero-order valence-corrected chi connectivity index (χ0v) is 13.4. The first-order valence-corrected chi connectivity index (χ1v) is 7.36. The Kier molecular flexibility index (Phi) is 4.02. The van der Waals surface area contributed by atoms with Crippen molar-refractivity contribution < 1.29 is 10.2 Å². The molecule has 4 N–H and O–H groups in total. The highest BCUT2D eigenvalue weighted by molar-refractivity contribution is 6.38. The first-order valence-electron chi connectivity index (χ1n) is 6.61. The number of aromatic amines is 1. The number of hydrazone groups is 1. The molecule has 0 aliphatic rings. The molecule has 0 aliphatic carbocycles. The molecule has 0 spiro atoms. The van der Waals surface area contributed by atoms with E-state index in [1.807, 2.05) is 25.1 Å². The van der Waals surface area contributed by atoms with Crippen LogP contribution >= 0.6 is 23.2 Å². The van der Waals surface area contributed by atoms with Gasteiger partial charge in [-0.15, -0.1) is 0 Å². The SMILES string of the molecule is Cc1ccc2nc(N/N=C\c3cc(Cl)c(O)c(Cl)c3O)[nH]c2c1. The molecule has 23 heavy (non-hydrogen) atoms. The monoisotopic (exact) mass is 350 g/mol. The maximum atomic E-state index is 9.85. The molecule has 0 fully saturated rings. The number of phenolic OH excluding ortho intramolecular Hbond substituents is 2. The molecule has 1 aromatic heterocycles. The molecule has 118 valence electrons. The van der Waals surface area contributed by atoms with Gasteiger partial charge in [0.1, 0.15) is 10.8 Å². The predicted octanol–water partition coefficient (Wildman–Crippen LogP) is 4.04. The first-order chi connectivity index (χ1) is 11.0. The summed E-state index contributed by atoms with van der Waals surface area (Å²) in [6.07, 6.45) is 1.32. The summed E-state index contributed by atoms with van der Waals surface area (Å²) >= 11 is 11.6. The van der Waals surface area contributed by atoms with Crippen molar-refractivity contribution in [2.45, 2.75) is 6.92 Å². The van der Waals surface area contributed by atoms with E-state index in [1.54, 1.807) is 0 Å². The van der Waals surface area contributed by atoms with E-state index in [2.05, 4.69) is 20.5 Å². The fourth-order valence-corrected chi connectivity index (χ4v) is 2.53. The summed E-state index contributed by atoms with van der Waals surface area (Å²) in [6, 6.07) is 7.20. The quantitative estimate of drug-likeness (QED) is 0.423. The van der Waals surface area contributed by atoms with Crippen LogP contribution < -0.4 is 5.43 Å². The second-order valence-electron chi connectivity index (χ2n) is 4.93. The number of halogens is 2. The number of aromatic nitrogens is 2. The van der Waals surface area contributed by atoms with Crippen LogP contribution in [0.5, 0.6) is 11.5 Å². The number of benzene rings is 2. The van der Waals surface area contributed by atoms with Crippen molar-refractivity contribution in [1.82, 2.24) is 9.97 Å². The van der Waals surface area contributed by atoms with Gasteiger partial charge in [0.15, 0.2) is 5.75 Å². The van der Waals surface area contributed by atoms with Gasteiger partial charge in [0.05, 0.1) is 22.3 Å². The van der Waals surface area contributed by atoms with Gasteiger partial charge in [-0.05, 0) is 30.7 Å². The highest BCUT2D eigenvalue weighted by Crippen LogP contribution is 2.40. The van der Waals surface area contributed by atoms with Crippen LogP contribution in [0.15, 0.2) is 29.4 Å². The van der Waals surface area contributed by atoms with Gasteiger partial charge < -0.3 is 15.2 Å². The zero-order valence-electron chi connectivity index (χ0n) is 11.9. The van der Waals surface area contributed by atoms with E-state index >= 15 is 0 Å². The minimum absolute atomic E-state index is 0.0217. The molecule has 8 heteroatoms. The van der Waals surface area contributed by atoms with Crippen molar-refractivity contribution >= 4 is 46.4 Å². The number of phenols is 2. The third kappa shape index (κ3) is 3.04. The van der Waals surface area contributed by atoms with Crippen LogP contribution in [0.4, 0.5) is 5.95 Å². The van der Waals surface area contributed by atoms with Crippen LogP contribution in [0.1, 0.15) is 11.1 Å². The van der Waals surface area contributed by atoms with E-state index in [0.717, 1.165) is 16.6 Å². The van der Waals surface area contributed by atoms with Crippen molar-refractivity contribution in [2.75, 3.05) is 5.43 Å². The molecule has 0 bridgehead atoms. The molecule has 2 aromatic carbocycles. The Balaban J connectivity index is 1.83. The predicted molar refractivity (Wildman–Crippen MR) is 91.8 cm³/mol. The summed E-state index contributed by atoms with van der Waals surface area (Å²) in [5.74, 6) is -0.222. The third-order valence-electron chi connectivity index (χ3n) is 3.21. The molecule has 6 nitrogen and oxygen atoms in total. The average molecular weight is 351 g/mol. The van der Waals surface area contributed by atoms with Crippen molar-refractivity contribution in [3.8, 4) is 11.5 Å². The number of rotatable bonds is 3. The van der Waals surface area contributed by atoms with Crippen LogP contribution in [0.2, 0.25) is 10.0 Å². The maximum Gasteiger partial charge on any atom is 0.222 e. The largest absolute Gasteiger partial charge is 0.506 e. The fourth-order valence-electron chi connectivity index (χ4n) is 2.05. The van der Waals surface area contributed by atoms with Crippen LogP contribution in [-0.2, 0) is 0 Å². The van der Waals surface area contributed by atoms with Crippen molar-refractivity contribution in [2.24, 2.45) is 5.10 Å². The molecule has 3 aromatic rings. The zero-order chi connectivity index (χ0) is 16.6. The minimum Gasteiger partial charge on any atom is -0.506 e. The second-order valence-corrected chi connectivity index (χ2v) is 5.72. The fraction of sp³-hybridized carbons (Fsp3) is 0.0667. The van der Waals surface area contributed by atoms with Gasteiger partial charge in [-0.3, -0.25) is 0 Å². The van der Waals surface area contributed by atoms with E-state index < -0.39 is 0 Å². The number of imidazole rings is 1. The standard InChI is InChI=1S/C15H12Cl2N4O2/c1-7-2-3-10-11(4-7)20-15(19-10)21-18-6-8-5-9(16)14(23)12(17)13(8)22/h2-6,22-23H,1H3,(H2,19,20,21)/b18-6-. The number of hydrogen-bond acceptors (Lipinski definition) is 5. The molecule has 3 rings (SSSR count). The van der Waals surface area contributed by atoms with E-state index in [9.17, 15) is 10.2 Å². The number of aromatic hydroxyl groups is 2. The van der Waals surface area contributed by atoms with E-state index in [1.165, 1.54) is 12.3 Å². The van der Waals surface area contributed by atoms with Crippen LogP contribution in [0, 0.1) is 6.92 Å². The summed E-state index contributed by atoms with van der Waals surface area (Å²) in [4.78, 5) is 7.40. The Morgan fingerprint density at radius 2 is 2.00 bits per heavy atom. The Labute approximate surface area is 141 Å². The lowest BCUT2D eigenvalue weighted by molar-refractivity contribution is 0.450. The Morgan fingerprint density at radius 3 is 2.78 bits per heavy atom. The summed E-state index contributed by atoms with van der Waals surface area (Å²) in [5, 5.41) is 23.1. The molecular formula is C15H12Cl2N4O2. The lowest BCUT2D eigenvalue weighted by Crippen LogP contribution is -1.93. The van der Waals surface area contributed by atoms with Gasteiger partial charge >= 0.3 is 0 Å². The van der Waals surface area contributed by atoms with Gasteiger partial charge in [-0.1, -0.05) is 29.3 Å². The van der Waals surface area contributed by atoms with Crippen LogP contribution in [0.3, 0.4) is 0 Å². The Morgan fingerprint density at radius 1 is 1.22 bits per heavy atom. The molecule has 0 aliphatic heterocycles. The summed E-state index contributed by atoms with van der Waals surface area (Å²) < 4.78 is 0. The van der Waals surface area contributed by atoms with Crippen molar-refractivity contribution in [3.63, 3.8) is 0 Å². The van der Waals surface area contributed by atoms with Crippen molar-refractivity contribution in [3.05, 3.63) is 45.4 Å². The minimum atomic E-state index is -0.372. The number of fused-ring (bicyclic) bond motifs is 1. The van der Waals surface area contributed by atoms with Crippen LogP contribution in [-0.4, -0.2) is 26.4 Å². The molecule has 1 heterocycles. The molecule has 0 saturated heterocycles. The molecule has 0 atom stereocenters. The molecule has 0 unspecified atom stereocenters. The summed E-state index contributed by atoms with van der Waals surface area (Å²) in [7, 11) is 0. The first kappa shape index (κ1) is 15.5. The topological polar surface area (TPSA) is 93.5 Å². The van der Waals surface area contributed by atoms with Crippen molar-refractivity contribution in [1.29, 1.82) is 0 Å². The second kappa shape index (κ2) is 5.98. The molecule has 0 amide bonds. The molecular weight excluding hydrogens is 339 g/mol. The normalized spacial score (nSPS) is 11.4.